The second kappa shape index (κ2) is 8.07. The SMILES string of the molecule is Cc1ccc(/C=C/S(=O)(=O)NCC(=O)OCC(=O)NC2CC2)cc1. The van der Waals surface area contributed by atoms with Crippen molar-refractivity contribution in [1.82, 2.24) is 10.0 Å². The molecule has 0 atom stereocenters. The molecular formula is C16H20N2O5S. The van der Waals surface area contributed by atoms with E-state index < -0.39 is 29.1 Å². The summed E-state index contributed by atoms with van der Waals surface area (Å²) in [5.74, 6) is -1.19. The Morgan fingerprint density at radius 3 is 2.54 bits per heavy atom. The maximum atomic E-state index is 11.8. The average Bonchev–Trinajstić information content (AvgIpc) is 3.34. The highest BCUT2D eigenvalue weighted by atomic mass is 32.2. The molecule has 0 saturated heterocycles. The third-order valence-corrected chi connectivity index (χ3v) is 4.28. The highest BCUT2D eigenvalue weighted by Crippen LogP contribution is 2.18. The van der Waals surface area contributed by atoms with Gasteiger partial charge in [-0.3, -0.25) is 9.59 Å². The van der Waals surface area contributed by atoms with Crippen molar-refractivity contribution in [2.75, 3.05) is 13.2 Å². The van der Waals surface area contributed by atoms with Crippen molar-refractivity contribution in [3.63, 3.8) is 0 Å². The van der Waals surface area contributed by atoms with Crippen LogP contribution in [0.1, 0.15) is 24.0 Å². The van der Waals surface area contributed by atoms with Gasteiger partial charge in [0.15, 0.2) is 6.61 Å². The molecule has 1 aromatic carbocycles. The van der Waals surface area contributed by atoms with Gasteiger partial charge in [0.2, 0.25) is 10.0 Å². The summed E-state index contributed by atoms with van der Waals surface area (Å²) in [4.78, 5) is 22.8. The molecule has 0 aromatic heterocycles. The van der Waals surface area contributed by atoms with Gasteiger partial charge >= 0.3 is 5.97 Å². The standard InChI is InChI=1S/C16H20N2O5S/c1-12-2-4-13(5-3-12)8-9-24(21,22)17-10-16(20)23-11-15(19)18-14-6-7-14/h2-5,8-9,14,17H,6-7,10-11H2,1H3,(H,18,19)/b9-8+. The van der Waals surface area contributed by atoms with Gasteiger partial charge in [-0.1, -0.05) is 29.8 Å². The normalized spacial score (nSPS) is 14.5. The van der Waals surface area contributed by atoms with E-state index in [0.29, 0.717) is 0 Å². The van der Waals surface area contributed by atoms with Crippen molar-refractivity contribution in [1.29, 1.82) is 0 Å². The first-order valence-electron chi connectivity index (χ1n) is 7.53. The van der Waals surface area contributed by atoms with Crippen molar-refractivity contribution in [3.8, 4) is 0 Å². The van der Waals surface area contributed by atoms with E-state index in [4.69, 9.17) is 4.74 Å². The number of hydrogen-bond donors (Lipinski definition) is 2. The quantitative estimate of drug-likeness (QED) is 0.671. The number of esters is 1. The largest absolute Gasteiger partial charge is 0.455 e. The number of amides is 1. The smallest absolute Gasteiger partial charge is 0.321 e. The number of nitrogens with one attached hydrogen (secondary N) is 2. The third kappa shape index (κ3) is 6.93. The third-order valence-electron chi connectivity index (χ3n) is 3.24. The molecule has 24 heavy (non-hydrogen) atoms. The Bertz CT molecular complexity index is 721. The van der Waals surface area contributed by atoms with Gasteiger partial charge in [0.25, 0.3) is 5.91 Å². The van der Waals surface area contributed by atoms with Gasteiger partial charge in [-0.15, -0.1) is 0 Å². The maximum Gasteiger partial charge on any atom is 0.321 e. The summed E-state index contributed by atoms with van der Waals surface area (Å²) in [6.07, 6.45) is 3.30. The highest BCUT2D eigenvalue weighted by molar-refractivity contribution is 7.92. The number of sulfonamides is 1. The summed E-state index contributed by atoms with van der Waals surface area (Å²) < 4.78 is 30.4. The number of ether oxygens (including phenoxy) is 1. The van der Waals surface area contributed by atoms with Gasteiger partial charge < -0.3 is 10.1 Å². The molecule has 7 nitrogen and oxygen atoms in total. The number of aryl methyl sites for hydroxylation is 1. The first-order chi connectivity index (χ1) is 11.3. The van der Waals surface area contributed by atoms with Crippen molar-refractivity contribution in [3.05, 3.63) is 40.8 Å². The Morgan fingerprint density at radius 1 is 1.25 bits per heavy atom. The number of carbonyl (C=O) groups is 2. The van der Waals surface area contributed by atoms with Crippen LogP contribution in [0.4, 0.5) is 0 Å². The summed E-state index contributed by atoms with van der Waals surface area (Å²) in [6.45, 7) is 0.996. The molecule has 1 amide bonds. The zero-order chi connectivity index (χ0) is 17.6. The van der Waals surface area contributed by atoms with Crippen molar-refractivity contribution in [2.45, 2.75) is 25.8 Å². The summed E-state index contributed by atoms with van der Waals surface area (Å²) >= 11 is 0. The molecule has 0 spiro atoms. The molecule has 0 unspecified atom stereocenters. The molecule has 1 aliphatic rings. The van der Waals surface area contributed by atoms with Gasteiger partial charge in [0.1, 0.15) is 6.54 Å². The predicted molar refractivity (Wildman–Crippen MR) is 89.3 cm³/mol. The Hall–Kier alpha value is -2.19. The Labute approximate surface area is 141 Å². The van der Waals surface area contributed by atoms with Gasteiger partial charge in [-0.2, -0.15) is 0 Å². The van der Waals surface area contributed by atoms with Crippen LogP contribution >= 0.6 is 0 Å². The van der Waals surface area contributed by atoms with Crippen LogP contribution in [0.2, 0.25) is 0 Å². The molecule has 130 valence electrons. The van der Waals surface area contributed by atoms with Crippen LogP contribution in [-0.2, 0) is 24.3 Å². The fraction of sp³-hybridized carbons (Fsp3) is 0.375. The molecule has 8 heteroatoms. The Kier molecular flexibility index (Phi) is 6.10. The first kappa shape index (κ1) is 18.2. The molecule has 1 fully saturated rings. The summed E-state index contributed by atoms with van der Waals surface area (Å²) in [5, 5.41) is 3.63. The predicted octanol–water partition coefficient (Wildman–Crippen LogP) is 0.707. The van der Waals surface area contributed by atoms with Crippen LogP contribution in [-0.4, -0.2) is 39.5 Å². The van der Waals surface area contributed by atoms with E-state index in [1.807, 2.05) is 19.1 Å². The van der Waals surface area contributed by atoms with E-state index in [2.05, 4.69) is 10.0 Å². The van der Waals surface area contributed by atoms with E-state index in [1.165, 1.54) is 6.08 Å². The topological polar surface area (TPSA) is 102 Å². The van der Waals surface area contributed by atoms with E-state index in [-0.39, 0.29) is 11.9 Å². The molecule has 1 saturated carbocycles. The van der Waals surface area contributed by atoms with Crippen LogP contribution in [0.3, 0.4) is 0 Å². The van der Waals surface area contributed by atoms with Crippen molar-refractivity contribution in [2.24, 2.45) is 0 Å². The van der Waals surface area contributed by atoms with Crippen molar-refractivity contribution < 1.29 is 22.7 Å². The average molecular weight is 352 g/mol. The van der Waals surface area contributed by atoms with Gasteiger partial charge in [-0.05, 0) is 31.4 Å². The number of rotatable bonds is 8. The molecule has 2 N–H and O–H groups in total. The molecule has 1 aromatic rings. The number of carbonyl (C=O) groups excluding carboxylic acids is 2. The fourth-order valence-electron chi connectivity index (χ4n) is 1.75. The van der Waals surface area contributed by atoms with Crippen LogP contribution in [0, 0.1) is 6.92 Å². The second-order valence-electron chi connectivity index (χ2n) is 5.58. The van der Waals surface area contributed by atoms with E-state index in [9.17, 15) is 18.0 Å². The fourth-order valence-corrected chi connectivity index (χ4v) is 2.50. The lowest BCUT2D eigenvalue weighted by atomic mass is 10.2. The Balaban J connectivity index is 1.73. The van der Waals surface area contributed by atoms with Crippen molar-refractivity contribution >= 4 is 28.0 Å². The second-order valence-corrected chi connectivity index (χ2v) is 7.23. The lowest BCUT2D eigenvalue weighted by Crippen LogP contribution is -2.34. The number of benzene rings is 1. The van der Waals surface area contributed by atoms with Gasteiger partial charge in [0, 0.05) is 11.4 Å². The minimum absolute atomic E-state index is 0.182. The van der Waals surface area contributed by atoms with Crippen LogP contribution in [0.15, 0.2) is 29.7 Å². The van der Waals surface area contributed by atoms with Gasteiger partial charge in [0.05, 0.1) is 0 Å². The molecule has 0 radical (unpaired) electrons. The maximum absolute atomic E-state index is 11.8. The summed E-state index contributed by atoms with van der Waals surface area (Å²) in [7, 11) is -3.76. The van der Waals surface area contributed by atoms with Crippen LogP contribution < -0.4 is 10.0 Å². The lowest BCUT2D eigenvalue weighted by molar-refractivity contribution is -0.147. The zero-order valence-electron chi connectivity index (χ0n) is 13.3. The molecular weight excluding hydrogens is 332 g/mol. The van der Waals surface area contributed by atoms with Crippen LogP contribution in [0.5, 0.6) is 0 Å². The summed E-state index contributed by atoms with van der Waals surface area (Å²) in [5.41, 5.74) is 1.80. The van der Waals surface area contributed by atoms with E-state index in [1.54, 1.807) is 12.1 Å². The van der Waals surface area contributed by atoms with Gasteiger partial charge in [-0.25, -0.2) is 13.1 Å². The monoisotopic (exact) mass is 352 g/mol. The molecule has 1 aliphatic carbocycles. The first-order valence-corrected chi connectivity index (χ1v) is 9.08. The van der Waals surface area contributed by atoms with Crippen LogP contribution in [0.25, 0.3) is 6.08 Å². The number of hydrogen-bond acceptors (Lipinski definition) is 5. The Morgan fingerprint density at radius 2 is 1.92 bits per heavy atom. The molecule has 2 rings (SSSR count). The molecule has 0 aliphatic heterocycles. The minimum atomic E-state index is -3.76. The van der Waals surface area contributed by atoms with E-state index in [0.717, 1.165) is 29.4 Å². The molecule has 0 bridgehead atoms. The minimum Gasteiger partial charge on any atom is -0.455 e. The van der Waals surface area contributed by atoms with E-state index >= 15 is 0 Å². The highest BCUT2D eigenvalue weighted by Gasteiger charge is 2.23. The lowest BCUT2D eigenvalue weighted by Gasteiger charge is -2.06. The summed E-state index contributed by atoms with van der Waals surface area (Å²) in [6, 6.07) is 7.48. The zero-order valence-corrected chi connectivity index (χ0v) is 14.1. The molecule has 0 heterocycles.